The first-order valence-corrected chi connectivity index (χ1v) is 6.32. The minimum Gasteiger partial charge on any atom is -0.369 e. The van der Waals surface area contributed by atoms with E-state index in [1.165, 1.54) is 12.8 Å². The zero-order valence-corrected chi connectivity index (χ0v) is 10.6. The van der Waals surface area contributed by atoms with Crippen LogP contribution in [0.5, 0.6) is 0 Å². The fourth-order valence-electron chi connectivity index (χ4n) is 2.31. The highest BCUT2D eigenvalue weighted by molar-refractivity contribution is 5.81. The van der Waals surface area contributed by atoms with Crippen molar-refractivity contribution in [2.24, 2.45) is 16.6 Å². The number of rotatable bonds is 1. The summed E-state index contributed by atoms with van der Waals surface area (Å²) in [7, 11) is 0. The van der Waals surface area contributed by atoms with Crippen LogP contribution in [0.2, 0.25) is 0 Å². The van der Waals surface area contributed by atoms with Gasteiger partial charge in [0.2, 0.25) is 0 Å². The fourth-order valence-corrected chi connectivity index (χ4v) is 2.31. The van der Waals surface area contributed by atoms with Gasteiger partial charge in [-0.3, -0.25) is 0 Å². The molecule has 1 aliphatic heterocycles. The number of nitrogens with zero attached hydrogens (tertiary/aromatic N) is 2. The van der Waals surface area contributed by atoms with Gasteiger partial charge in [-0.1, -0.05) is 25.1 Å². The van der Waals surface area contributed by atoms with Gasteiger partial charge in [-0.05, 0) is 37.8 Å². The summed E-state index contributed by atoms with van der Waals surface area (Å²) in [6, 6.07) is 10.4. The van der Waals surface area contributed by atoms with Gasteiger partial charge in [0.15, 0.2) is 5.96 Å². The third-order valence-corrected chi connectivity index (χ3v) is 3.41. The molecule has 0 bridgehead atoms. The Labute approximate surface area is 103 Å². The maximum atomic E-state index is 6.11. The SMILES string of the molecule is CC1CCC(C)N(C(N)=Nc2ccccc2)C1. The van der Waals surface area contributed by atoms with Crippen LogP contribution in [-0.4, -0.2) is 23.4 Å². The summed E-state index contributed by atoms with van der Waals surface area (Å²) in [6.07, 6.45) is 2.49. The molecule has 0 radical (unpaired) electrons. The van der Waals surface area contributed by atoms with Gasteiger partial charge in [-0.25, -0.2) is 4.99 Å². The summed E-state index contributed by atoms with van der Waals surface area (Å²) in [4.78, 5) is 6.71. The Morgan fingerprint density at radius 2 is 1.94 bits per heavy atom. The lowest BCUT2D eigenvalue weighted by atomic mass is 9.95. The highest BCUT2D eigenvalue weighted by Gasteiger charge is 2.24. The van der Waals surface area contributed by atoms with Gasteiger partial charge in [-0.2, -0.15) is 0 Å². The van der Waals surface area contributed by atoms with Crippen LogP contribution in [-0.2, 0) is 0 Å². The zero-order chi connectivity index (χ0) is 12.3. The Morgan fingerprint density at radius 3 is 2.65 bits per heavy atom. The topological polar surface area (TPSA) is 41.6 Å². The molecule has 92 valence electrons. The highest BCUT2D eigenvalue weighted by atomic mass is 15.3. The predicted octanol–water partition coefficient (Wildman–Crippen LogP) is 2.75. The first-order valence-electron chi connectivity index (χ1n) is 6.32. The summed E-state index contributed by atoms with van der Waals surface area (Å²) in [5.74, 6) is 1.35. The van der Waals surface area contributed by atoms with E-state index in [0.29, 0.717) is 17.9 Å². The van der Waals surface area contributed by atoms with E-state index in [1.807, 2.05) is 30.3 Å². The molecule has 1 fully saturated rings. The lowest BCUT2D eigenvalue weighted by Crippen LogP contribution is -2.48. The molecule has 1 aromatic carbocycles. The molecule has 2 atom stereocenters. The summed E-state index contributed by atoms with van der Waals surface area (Å²) in [6.45, 7) is 5.51. The number of para-hydroxylation sites is 1. The van der Waals surface area contributed by atoms with Gasteiger partial charge in [0.05, 0.1) is 5.69 Å². The summed E-state index contributed by atoms with van der Waals surface area (Å²) >= 11 is 0. The molecule has 1 heterocycles. The Morgan fingerprint density at radius 1 is 1.24 bits per heavy atom. The number of hydrogen-bond donors (Lipinski definition) is 1. The molecule has 17 heavy (non-hydrogen) atoms. The molecule has 0 spiro atoms. The number of hydrogen-bond acceptors (Lipinski definition) is 1. The standard InChI is InChI=1S/C14H21N3/c1-11-8-9-12(2)17(10-11)14(15)16-13-6-4-3-5-7-13/h3-7,11-12H,8-10H2,1-2H3,(H2,15,16). The molecule has 0 amide bonds. The smallest absolute Gasteiger partial charge is 0.196 e. The molecule has 0 aromatic heterocycles. The van der Waals surface area contributed by atoms with Crippen molar-refractivity contribution in [3.63, 3.8) is 0 Å². The average Bonchev–Trinajstić information content (AvgIpc) is 2.33. The van der Waals surface area contributed by atoms with Crippen LogP contribution in [0.4, 0.5) is 5.69 Å². The molecular weight excluding hydrogens is 210 g/mol. The van der Waals surface area contributed by atoms with Crippen LogP contribution in [0, 0.1) is 5.92 Å². The Balaban J connectivity index is 2.13. The lowest BCUT2D eigenvalue weighted by molar-refractivity contribution is 0.205. The van der Waals surface area contributed by atoms with E-state index < -0.39 is 0 Å². The van der Waals surface area contributed by atoms with E-state index in [0.717, 1.165) is 12.2 Å². The first kappa shape index (κ1) is 12.0. The van der Waals surface area contributed by atoms with Crippen molar-refractivity contribution in [3.05, 3.63) is 30.3 Å². The molecule has 3 nitrogen and oxygen atoms in total. The van der Waals surface area contributed by atoms with Crippen LogP contribution in [0.25, 0.3) is 0 Å². The van der Waals surface area contributed by atoms with Crippen molar-refractivity contribution in [1.29, 1.82) is 0 Å². The molecule has 2 rings (SSSR count). The Kier molecular flexibility index (Phi) is 3.67. The monoisotopic (exact) mass is 231 g/mol. The highest BCUT2D eigenvalue weighted by Crippen LogP contribution is 2.21. The Bertz CT molecular complexity index is 386. The van der Waals surface area contributed by atoms with Crippen LogP contribution >= 0.6 is 0 Å². The van der Waals surface area contributed by atoms with Crippen LogP contribution < -0.4 is 5.73 Å². The Hall–Kier alpha value is -1.51. The van der Waals surface area contributed by atoms with Gasteiger partial charge >= 0.3 is 0 Å². The minimum absolute atomic E-state index is 0.499. The van der Waals surface area contributed by atoms with Gasteiger partial charge < -0.3 is 10.6 Å². The molecule has 2 N–H and O–H groups in total. The summed E-state index contributed by atoms with van der Waals surface area (Å²) in [5, 5.41) is 0. The summed E-state index contributed by atoms with van der Waals surface area (Å²) in [5.41, 5.74) is 7.04. The molecule has 0 saturated carbocycles. The molecule has 3 heteroatoms. The van der Waals surface area contributed by atoms with E-state index in [9.17, 15) is 0 Å². The van der Waals surface area contributed by atoms with Gasteiger partial charge in [0.25, 0.3) is 0 Å². The minimum atomic E-state index is 0.499. The van der Waals surface area contributed by atoms with Gasteiger partial charge in [0.1, 0.15) is 0 Å². The van der Waals surface area contributed by atoms with Gasteiger partial charge in [0, 0.05) is 12.6 Å². The second-order valence-corrected chi connectivity index (χ2v) is 4.99. The van der Waals surface area contributed by atoms with Gasteiger partial charge in [-0.15, -0.1) is 0 Å². The van der Waals surface area contributed by atoms with E-state index in [1.54, 1.807) is 0 Å². The second-order valence-electron chi connectivity index (χ2n) is 4.99. The largest absolute Gasteiger partial charge is 0.369 e. The van der Waals surface area contributed by atoms with Crippen molar-refractivity contribution in [2.45, 2.75) is 32.7 Å². The van der Waals surface area contributed by atoms with E-state index in [2.05, 4.69) is 23.7 Å². The number of nitrogens with two attached hydrogens (primary N) is 1. The van der Waals surface area contributed by atoms with Crippen molar-refractivity contribution in [1.82, 2.24) is 4.90 Å². The van der Waals surface area contributed by atoms with Crippen LogP contribution in [0.15, 0.2) is 35.3 Å². The first-order chi connectivity index (χ1) is 8.16. The average molecular weight is 231 g/mol. The third-order valence-electron chi connectivity index (χ3n) is 3.41. The second kappa shape index (κ2) is 5.21. The van der Waals surface area contributed by atoms with E-state index in [-0.39, 0.29) is 0 Å². The number of guanidine groups is 1. The normalized spacial score (nSPS) is 26.0. The number of aliphatic imine (C=N–C) groups is 1. The van der Waals surface area contributed by atoms with Crippen molar-refractivity contribution in [2.75, 3.05) is 6.54 Å². The van der Waals surface area contributed by atoms with Crippen molar-refractivity contribution >= 4 is 11.6 Å². The molecular formula is C14H21N3. The molecule has 1 aromatic rings. The maximum absolute atomic E-state index is 6.11. The quantitative estimate of drug-likeness (QED) is 0.596. The fraction of sp³-hybridized carbons (Fsp3) is 0.500. The number of piperidine rings is 1. The number of likely N-dealkylation sites (tertiary alicyclic amines) is 1. The third kappa shape index (κ3) is 2.99. The van der Waals surface area contributed by atoms with Crippen molar-refractivity contribution in [3.8, 4) is 0 Å². The zero-order valence-electron chi connectivity index (χ0n) is 10.6. The molecule has 1 aliphatic rings. The van der Waals surface area contributed by atoms with Crippen molar-refractivity contribution < 1.29 is 0 Å². The molecule has 2 unspecified atom stereocenters. The lowest BCUT2D eigenvalue weighted by Gasteiger charge is -2.37. The van der Waals surface area contributed by atoms with E-state index >= 15 is 0 Å². The molecule has 1 saturated heterocycles. The van der Waals surface area contributed by atoms with E-state index in [4.69, 9.17) is 5.73 Å². The molecule has 0 aliphatic carbocycles. The van der Waals surface area contributed by atoms with Crippen LogP contribution in [0.3, 0.4) is 0 Å². The summed E-state index contributed by atoms with van der Waals surface area (Å²) < 4.78 is 0. The predicted molar refractivity (Wildman–Crippen MR) is 72.3 cm³/mol. The maximum Gasteiger partial charge on any atom is 0.196 e. The number of benzene rings is 1. The van der Waals surface area contributed by atoms with Crippen LogP contribution in [0.1, 0.15) is 26.7 Å².